The monoisotopic (exact) mass is 274 g/mol. The summed E-state index contributed by atoms with van der Waals surface area (Å²) in [6.07, 6.45) is 9.13. The molecule has 4 aliphatic carbocycles. The van der Waals surface area contributed by atoms with Crippen molar-refractivity contribution in [3.05, 3.63) is 17.7 Å². The quantitative estimate of drug-likeness (QED) is 0.921. The molecule has 4 aliphatic rings. The van der Waals surface area contributed by atoms with Crippen LogP contribution in [0.4, 0.5) is 0 Å². The van der Waals surface area contributed by atoms with Crippen molar-refractivity contribution >= 4 is 5.97 Å². The van der Waals surface area contributed by atoms with Gasteiger partial charge in [-0.3, -0.25) is 0 Å². The van der Waals surface area contributed by atoms with Crippen molar-refractivity contribution in [2.75, 3.05) is 0 Å². The molecule has 4 heteroatoms. The van der Waals surface area contributed by atoms with E-state index in [-0.39, 0.29) is 0 Å². The molecule has 0 amide bonds. The number of hydrogen-bond acceptors (Lipinski definition) is 2. The highest BCUT2D eigenvalue weighted by molar-refractivity contribution is 5.87. The van der Waals surface area contributed by atoms with Gasteiger partial charge in [-0.05, 0) is 62.2 Å². The molecular formula is C16H22N2O2. The summed E-state index contributed by atoms with van der Waals surface area (Å²) in [7, 11) is 0. The third-order valence-electron chi connectivity index (χ3n) is 5.91. The Bertz CT molecular complexity index is 521. The Kier molecular flexibility index (Phi) is 2.69. The van der Waals surface area contributed by atoms with Gasteiger partial charge >= 0.3 is 5.97 Å². The van der Waals surface area contributed by atoms with E-state index in [0.29, 0.717) is 30.0 Å². The highest BCUT2D eigenvalue weighted by Crippen LogP contribution is 2.58. The molecule has 20 heavy (non-hydrogen) atoms. The Morgan fingerprint density at radius 1 is 1.25 bits per heavy atom. The van der Waals surface area contributed by atoms with Crippen molar-refractivity contribution in [3.8, 4) is 0 Å². The van der Waals surface area contributed by atoms with Crippen molar-refractivity contribution in [1.82, 2.24) is 9.55 Å². The second-order valence-corrected chi connectivity index (χ2v) is 7.03. The van der Waals surface area contributed by atoms with Gasteiger partial charge in [0.25, 0.3) is 0 Å². The van der Waals surface area contributed by atoms with Crippen molar-refractivity contribution in [2.24, 2.45) is 23.7 Å². The van der Waals surface area contributed by atoms with E-state index in [9.17, 15) is 9.90 Å². The van der Waals surface area contributed by atoms with Crippen molar-refractivity contribution in [2.45, 2.75) is 51.5 Å². The molecule has 0 aromatic carbocycles. The molecule has 4 fully saturated rings. The number of aromatic carboxylic acids is 1. The Morgan fingerprint density at radius 3 is 2.35 bits per heavy atom. The minimum Gasteiger partial charge on any atom is -0.477 e. The molecule has 0 unspecified atom stereocenters. The van der Waals surface area contributed by atoms with E-state index >= 15 is 0 Å². The fraction of sp³-hybridized carbons (Fsp3) is 0.750. The fourth-order valence-electron chi connectivity index (χ4n) is 5.47. The number of rotatable bonds is 3. The normalized spacial score (nSPS) is 38.4. The average molecular weight is 274 g/mol. The Morgan fingerprint density at radius 2 is 1.85 bits per heavy atom. The lowest BCUT2D eigenvalue weighted by atomic mass is 9.54. The van der Waals surface area contributed by atoms with E-state index in [0.717, 1.165) is 17.5 Å². The standard InChI is InChI=1S/C16H22N2O2/c1-2-13-15(16(19)20)18(8-17-13)14-11-4-9-3-10(6-11)7-12(14)5-9/h8-12,14H,2-7H2,1H3,(H,19,20). The number of imidazole rings is 1. The summed E-state index contributed by atoms with van der Waals surface area (Å²) in [6, 6.07) is 0.390. The van der Waals surface area contributed by atoms with Gasteiger partial charge in [0.1, 0.15) is 0 Å². The molecule has 4 bridgehead atoms. The molecule has 108 valence electrons. The van der Waals surface area contributed by atoms with Gasteiger partial charge in [-0.2, -0.15) is 0 Å². The van der Waals surface area contributed by atoms with Crippen LogP contribution in [0.15, 0.2) is 6.33 Å². The van der Waals surface area contributed by atoms with Gasteiger partial charge in [0.05, 0.1) is 12.0 Å². The maximum Gasteiger partial charge on any atom is 0.354 e. The zero-order valence-electron chi connectivity index (χ0n) is 12.0. The maximum absolute atomic E-state index is 11.6. The van der Waals surface area contributed by atoms with E-state index in [1.165, 1.54) is 32.1 Å². The molecule has 1 aromatic heterocycles. The van der Waals surface area contributed by atoms with Crippen molar-refractivity contribution in [1.29, 1.82) is 0 Å². The van der Waals surface area contributed by atoms with Crippen LogP contribution in [-0.2, 0) is 6.42 Å². The summed E-state index contributed by atoms with van der Waals surface area (Å²) in [6.45, 7) is 1.98. The second-order valence-electron chi connectivity index (χ2n) is 7.03. The SMILES string of the molecule is CCc1ncn(C2C3CC4CC(C3)CC2C4)c1C(=O)O. The number of carboxylic acids is 1. The zero-order valence-corrected chi connectivity index (χ0v) is 12.0. The van der Waals surface area contributed by atoms with Crippen molar-refractivity contribution in [3.63, 3.8) is 0 Å². The van der Waals surface area contributed by atoms with Gasteiger partial charge in [0, 0.05) is 6.04 Å². The second kappa shape index (κ2) is 4.34. The lowest BCUT2D eigenvalue weighted by Gasteiger charge is -2.54. The smallest absolute Gasteiger partial charge is 0.354 e. The van der Waals surface area contributed by atoms with Gasteiger partial charge in [0.15, 0.2) is 5.69 Å². The van der Waals surface area contributed by atoms with Crippen LogP contribution in [0, 0.1) is 23.7 Å². The summed E-state index contributed by atoms with van der Waals surface area (Å²) < 4.78 is 2.02. The minimum atomic E-state index is -0.812. The lowest BCUT2D eigenvalue weighted by Crippen LogP contribution is -2.46. The van der Waals surface area contributed by atoms with Gasteiger partial charge in [-0.1, -0.05) is 6.92 Å². The van der Waals surface area contributed by atoms with Crippen LogP contribution in [0.2, 0.25) is 0 Å². The molecule has 1 N–H and O–H groups in total. The zero-order chi connectivity index (χ0) is 13.9. The number of aryl methyl sites for hydroxylation is 1. The van der Waals surface area contributed by atoms with Gasteiger partial charge in [-0.15, -0.1) is 0 Å². The van der Waals surface area contributed by atoms with Crippen LogP contribution >= 0.6 is 0 Å². The molecule has 5 rings (SSSR count). The number of carboxylic acid groups (broad SMARTS) is 1. The highest BCUT2D eigenvalue weighted by atomic mass is 16.4. The number of nitrogens with zero attached hydrogens (tertiary/aromatic N) is 2. The summed E-state index contributed by atoms with van der Waals surface area (Å²) in [5, 5.41) is 9.56. The molecule has 4 saturated carbocycles. The summed E-state index contributed by atoms with van der Waals surface area (Å²) in [5.74, 6) is 2.38. The Hall–Kier alpha value is -1.32. The van der Waals surface area contributed by atoms with Gasteiger partial charge in [0.2, 0.25) is 0 Å². The molecule has 4 nitrogen and oxygen atoms in total. The number of aromatic nitrogens is 2. The van der Waals surface area contributed by atoms with Gasteiger partial charge in [-0.25, -0.2) is 9.78 Å². The summed E-state index contributed by atoms with van der Waals surface area (Å²) in [4.78, 5) is 16.0. The third-order valence-corrected chi connectivity index (χ3v) is 5.91. The average Bonchev–Trinajstić information content (AvgIpc) is 2.81. The van der Waals surface area contributed by atoms with Crippen LogP contribution in [0.3, 0.4) is 0 Å². The van der Waals surface area contributed by atoms with Crippen LogP contribution in [0.25, 0.3) is 0 Å². The van der Waals surface area contributed by atoms with E-state index < -0.39 is 5.97 Å². The molecule has 1 aromatic rings. The van der Waals surface area contributed by atoms with Crippen LogP contribution in [-0.4, -0.2) is 20.6 Å². The fourth-order valence-corrected chi connectivity index (χ4v) is 5.47. The first kappa shape index (κ1) is 12.4. The molecular weight excluding hydrogens is 252 g/mol. The van der Waals surface area contributed by atoms with E-state index in [1.54, 1.807) is 6.33 Å². The summed E-state index contributed by atoms with van der Waals surface area (Å²) >= 11 is 0. The molecule has 0 aliphatic heterocycles. The predicted molar refractivity (Wildman–Crippen MR) is 74.6 cm³/mol. The number of carbonyl (C=O) groups is 1. The molecule has 0 atom stereocenters. The van der Waals surface area contributed by atoms with Crippen LogP contribution in [0.5, 0.6) is 0 Å². The Labute approximate surface area is 119 Å². The Balaban J connectivity index is 1.74. The molecule has 0 radical (unpaired) electrons. The number of hydrogen-bond donors (Lipinski definition) is 1. The predicted octanol–water partition coefficient (Wildman–Crippen LogP) is 3.14. The lowest BCUT2D eigenvalue weighted by molar-refractivity contribution is -0.0301. The van der Waals surface area contributed by atoms with E-state index in [1.807, 2.05) is 11.5 Å². The van der Waals surface area contributed by atoms with Gasteiger partial charge < -0.3 is 9.67 Å². The first-order valence-corrected chi connectivity index (χ1v) is 7.96. The van der Waals surface area contributed by atoms with E-state index in [4.69, 9.17) is 0 Å². The first-order chi connectivity index (χ1) is 9.67. The largest absolute Gasteiger partial charge is 0.477 e. The third kappa shape index (κ3) is 1.66. The minimum absolute atomic E-state index is 0.390. The van der Waals surface area contributed by atoms with E-state index in [2.05, 4.69) is 4.98 Å². The molecule has 0 spiro atoms. The molecule has 0 saturated heterocycles. The van der Waals surface area contributed by atoms with Crippen LogP contribution < -0.4 is 0 Å². The first-order valence-electron chi connectivity index (χ1n) is 7.96. The maximum atomic E-state index is 11.6. The topological polar surface area (TPSA) is 55.1 Å². The highest BCUT2D eigenvalue weighted by Gasteiger charge is 2.49. The van der Waals surface area contributed by atoms with Crippen molar-refractivity contribution < 1.29 is 9.90 Å². The molecule has 1 heterocycles. The van der Waals surface area contributed by atoms with Crippen LogP contribution in [0.1, 0.15) is 61.3 Å². The summed E-state index contributed by atoms with van der Waals surface area (Å²) in [5.41, 5.74) is 1.19.